The van der Waals surface area contributed by atoms with E-state index in [0.29, 0.717) is 11.3 Å². The smallest absolute Gasteiger partial charge is 0.287 e. The number of rotatable bonds is 5. The molecule has 2 N–H and O–H groups in total. The van der Waals surface area contributed by atoms with Crippen molar-refractivity contribution >= 4 is 29.3 Å². The minimum atomic E-state index is -0.184. The molecular formula is C20H21ClN2O3. The highest BCUT2D eigenvalue weighted by Crippen LogP contribution is 2.27. The van der Waals surface area contributed by atoms with Gasteiger partial charge in [0.05, 0.1) is 0 Å². The molecule has 3 aromatic rings. The van der Waals surface area contributed by atoms with E-state index in [2.05, 4.69) is 10.6 Å². The number of furan rings is 1. The molecule has 1 amide bonds. The third-order valence-electron chi connectivity index (χ3n) is 4.43. The first-order valence-electron chi connectivity index (χ1n) is 8.51. The molecule has 5 nitrogen and oxygen atoms in total. The van der Waals surface area contributed by atoms with E-state index in [9.17, 15) is 4.79 Å². The number of carbonyl (C=O) groups excluding carboxylic acids is 1. The predicted octanol–water partition coefficient (Wildman–Crippen LogP) is 3.53. The zero-order valence-electron chi connectivity index (χ0n) is 14.2. The van der Waals surface area contributed by atoms with E-state index in [1.54, 1.807) is 0 Å². The first-order chi connectivity index (χ1) is 12.3. The van der Waals surface area contributed by atoms with E-state index in [1.165, 1.54) is 0 Å². The van der Waals surface area contributed by atoms with Crippen LogP contribution in [0.4, 0.5) is 0 Å². The number of nitrogens with one attached hydrogen (secondary N) is 2. The van der Waals surface area contributed by atoms with Crippen LogP contribution in [0.2, 0.25) is 0 Å². The maximum Gasteiger partial charge on any atom is 0.287 e. The molecule has 1 fully saturated rings. The molecule has 0 aliphatic carbocycles. The highest BCUT2D eigenvalue weighted by atomic mass is 35.5. The Bertz CT molecular complexity index is 873. The Morgan fingerprint density at radius 3 is 2.69 bits per heavy atom. The van der Waals surface area contributed by atoms with Crippen LogP contribution in [0.5, 0.6) is 5.75 Å². The van der Waals surface area contributed by atoms with E-state index in [4.69, 9.17) is 9.15 Å². The number of fused-ring (bicyclic) bond motifs is 1. The van der Waals surface area contributed by atoms with Crippen molar-refractivity contribution in [2.75, 3.05) is 13.1 Å². The van der Waals surface area contributed by atoms with Crippen LogP contribution in [-0.2, 0) is 6.61 Å². The highest BCUT2D eigenvalue weighted by Gasteiger charge is 2.24. The summed E-state index contributed by atoms with van der Waals surface area (Å²) in [6.07, 6.45) is 0.932. The van der Waals surface area contributed by atoms with Crippen molar-refractivity contribution in [3.63, 3.8) is 0 Å². The minimum Gasteiger partial charge on any atom is -0.489 e. The Kier molecular flexibility index (Phi) is 5.81. The van der Waals surface area contributed by atoms with Crippen LogP contribution in [0.25, 0.3) is 11.0 Å². The van der Waals surface area contributed by atoms with Crippen LogP contribution in [0.1, 0.15) is 22.5 Å². The van der Waals surface area contributed by atoms with Crippen molar-refractivity contribution in [1.29, 1.82) is 0 Å². The molecule has 26 heavy (non-hydrogen) atoms. The van der Waals surface area contributed by atoms with Gasteiger partial charge in [-0.15, -0.1) is 12.4 Å². The first kappa shape index (κ1) is 18.3. The van der Waals surface area contributed by atoms with Gasteiger partial charge in [0, 0.05) is 23.5 Å². The predicted molar refractivity (Wildman–Crippen MR) is 103 cm³/mol. The fourth-order valence-electron chi connectivity index (χ4n) is 3.13. The second-order valence-corrected chi connectivity index (χ2v) is 6.17. The molecule has 0 spiro atoms. The van der Waals surface area contributed by atoms with Gasteiger partial charge in [-0.1, -0.05) is 36.4 Å². The largest absolute Gasteiger partial charge is 0.489 e. The molecule has 136 valence electrons. The Labute approximate surface area is 158 Å². The normalized spacial score (nSPS) is 16.2. The quantitative estimate of drug-likeness (QED) is 0.719. The standard InChI is InChI=1S/C20H20N2O3.ClH/c23-20(22-14-10-11-21-12-14)19-17(13-24-15-6-2-1-3-7-15)16-8-4-5-9-18(16)25-19;/h1-9,14,21H,10-13H2,(H,22,23);1H. The summed E-state index contributed by atoms with van der Waals surface area (Å²) >= 11 is 0. The zero-order valence-corrected chi connectivity index (χ0v) is 15.1. The van der Waals surface area contributed by atoms with Crippen LogP contribution < -0.4 is 15.4 Å². The van der Waals surface area contributed by atoms with Crippen LogP contribution in [0, 0.1) is 0 Å². The molecule has 6 heteroatoms. The number of halogens is 1. The van der Waals surface area contributed by atoms with Gasteiger partial charge in [0.25, 0.3) is 5.91 Å². The van der Waals surface area contributed by atoms with Gasteiger partial charge in [-0.2, -0.15) is 0 Å². The van der Waals surface area contributed by atoms with Crippen LogP contribution >= 0.6 is 12.4 Å². The van der Waals surface area contributed by atoms with Gasteiger partial charge in [0.15, 0.2) is 5.76 Å². The summed E-state index contributed by atoms with van der Waals surface area (Å²) in [6.45, 7) is 2.00. The van der Waals surface area contributed by atoms with E-state index in [-0.39, 0.29) is 31.0 Å². The summed E-state index contributed by atoms with van der Waals surface area (Å²) < 4.78 is 11.7. The number of hydrogen-bond donors (Lipinski definition) is 2. The molecule has 2 heterocycles. The third kappa shape index (κ3) is 3.84. The highest BCUT2D eigenvalue weighted by molar-refractivity contribution is 5.99. The van der Waals surface area contributed by atoms with Gasteiger partial charge in [-0.3, -0.25) is 4.79 Å². The van der Waals surface area contributed by atoms with Crippen LogP contribution in [0.15, 0.2) is 59.0 Å². The maximum absolute atomic E-state index is 12.7. The van der Waals surface area contributed by atoms with E-state index < -0.39 is 0 Å². The SMILES string of the molecule is Cl.O=C(NC1CCNC1)c1oc2ccccc2c1COc1ccccc1. The summed E-state index contributed by atoms with van der Waals surface area (Å²) in [4.78, 5) is 12.7. The van der Waals surface area contributed by atoms with Crippen molar-refractivity contribution in [2.24, 2.45) is 0 Å². The number of para-hydroxylation sites is 2. The van der Waals surface area contributed by atoms with Crippen molar-refractivity contribution in [1.82, 2.24) is 10.6 Å². The molecule has 1 unspecified atom stereocenters. The Balaban J connectivity index is 0.00000196. The molecule has 0 saturated carbocycles. The van der Waals surface area contributed by atoms with Gasteiger partial charge in [0.2, 0.25) is 0 Å². The summed E-state index contributed by atoms with van der Waals surface area (Å²) in [6, 6.07) is 17.4. The molecule has 4 rings (SSSR count). The van der Waals surface area contributed by atoms with Gasteiger partial charge < -0.3 is 19.8 Å². The van der Waals surface area contributed by atoms with Gasteiger partial charge in [-0.05, 0) is 31.2 Å². The number of benzene rings is 2. The third-order valence-corrected chi connectivity index (χ3v) is 4.43. The average Bonchev–Trinajstić information content (AvgIpc) is 3.28. The van der Waals surface area contributed by atoms with Crippen molar-refractivity contribution in [3.8, 4) is 5.75 Å². The lowest BCUT2D eigenvalue weighted by molar-refractivity contribution is 0.0910. The summed E-state index contributed by atoms with van der Waals surface area (Å²) in [7, 11) is 0. The maximum atomic E-state index is 12.7. The molecule has 1 atom stereocenters. The molecule has 0 bridgehead atoms. The Morgan fingerprint density at radius 2 is 1.92 bits per heavy atom. The zero-order chi connectivity index (χ0) is 17.1. The molecule has 1 aliphatic heterocycles. The first-order valence-corrected chi connectivity index (χ1v) is 8.51. The minimum absolute atomic E-state index is 0. The van der Waals surface area contributed by atoms with Crippen molar-refractivity contribution in [2.45, 2.75) is 19.1 Å². The van der Waals surface area contributed by atoms with Gasteiger partial charge in [0.1, 0.15) is 17.9 Å². The van der Waals surface area contributed by atoms with Crippen LogP contribution in [-0.4, -0.2) is 25.0 Å². The Hall–Kier alpha value is -2.50. The molecule has 1 aromatic heterocycles. The number of carbonyl (C=O) groups is 1. The summed E-state index contributed by atoms with van der Waals surface area (Å²) in [5.41, 5.74) is 1.48. The van der Waals surface area contributed by atoms with E-state index in [0.717, 1.165) is 36.2 Å². The van der Waals surface area contributed by atoms with Crippen molar-refractivity contribution in [3.05, 3.63) is 65.9 Å². The molecular weight excluding hydrogens is 352 g/mol. The molecule has 0 radical (unpaired) electrons. The van der Waals surface area contributed by atoms with Crippen LogP contribution in [0.3, 0.4) is 0 Å². The summed E-state index contributed by atoms with van der Waals surface area (Å²) in [5.74, 6) is 0.916. The fourth-order valence-corrected chi connectivity index (χ4v) is 3.13. The second kappa shape index (κ2) is 8.25. The lowest BCUT2D eigenvalue weighted by Crippen LogP contribution is -2.36. The molecule has 2 aromatic carbocycles. The number of amides is 1. The molecule has 1 aliphatic rings. The molecule has 1 saturated heterocycles. The number of hydrogen-bond acceptors (Lipinski definition) is 4. The number of ether oxygens (including phenoxy) is 1. The van der Waals surface area contributed by atoms with Gasteiger partial charge in [-0.25, -0.2) is 0 Å². The fraction of sp³-hybridized carbons (Fsp3) is 0.250. The lowest BCUT2D eigenvalue weighted by Gasteiger charge is -2.11. The lowest BCUT2D eigenvalue weighted by atomic mass is 10.1. The van der Waals surface area contributed by atoms with E-state index in [1.807, 2.05) is 54.6 Å². The summed E-state index contributed by atoms with van der Waals surface area (Å²) in [5, 5.41) is 7.20. The Morgan fingerprint density at radius 1 is 1.15 bits per heavy atom. The van der Waals surface area contributed by atoms with E-state index >= 15 is 0 Å². The average molecular weight is 373 g/mol. The second-order valence-electron chi connectivity index (χ2n) is 6.17. The monoisotopic (exact) mass is 372 g/mol. The van der Waals surface area contributed by atoms with Gasteiger partial charge >= 0.3 is 0 Å². The topological polar surface area (TPSA) is 63.5 Å². The van der Waals surface area contributed by atoms with Crippen molar-refractivity contribution < 1.29 is 13.9 Å².